The molecule has 0 spiro atoms. The van der Waals surface area contributed by atoms with Crippen molar-refractivity contribution in [3.05, 3.63) is 23.3 Å². The van der Waals surface area contributed by atoms with Gasteiger partial charge in [-0.1, -0.05) is 6.07 Å². The van der Waals surface area contributed by atoms with Crippen LogP contribution in [0, 0.1) is 6.92 Å². The summed E-state index contributed by atoms with van der Waals surface area (Å²) in [6.07, 6.45) is 3.38. The maximum Gasteiger partial charge on any atom is 0.164 e. The predicted molar refractivity (Wildman–Crippen MR) is 61.9 cm³/mol. The van der Waals surface area contributed by atoms with E-state index in [1.807, 2.05) is 6.07 Å². The van der Waals surface area contributed by atoms with E-state index >= 15 is 0 Å². The van der Waals surface area contributed by atoms with Crippen LogP contribution in [0.25, 0.3) is 0 Å². The van der Waals surface area contributed by atoms with Gasteiger partial charge < -0.3 is 15.2 Å². The zero-order valence-electron chi connectivity index (χ0n) is 9.58. The number of hydrogen-bond acceptors (Lipinski definition) is 3. The van der Waals surface area contributed by atoms with Gasteiger partial charge in [-0.15, -0.1) is 0 Å². The maximum atomic E-state index is 6.36. The molecule has 2 N–H and O–H groups in total. The van der Waals surface area contributed by atoms with Crippen LogP contribution in [0.5, 0.6) is 11.5 Å². The Labute approximate surface area is 95.5 Å². The van der Waals surface area contributed by atoms with E-state index in [0.29, 0.717) is 13.2 Å². The molecule has 1 aliphatic carbocycles. The molecule has 0 aromatic heterocycles. The Kier molecular flexibility index (Phi) is 2.11. The Balaban J connectivity index is 2.07. The minimum Gasteiger partial charge on any atom is -0.486 e. The molecule has 1 heterocycles. The molecule has 1 aromatic rings. The first kappa shape index (κ1) is 9.97. The van der Waals surface area contributed by atoms with Crippen molar-refractivity contribution in [1.29, 1.82) is 0 Å². The molecule has 3 rings (SSSR count). The highest BCUT2D eigenvalue weighted by Crippen LogP contribution is 2.45. The van der Waals surface area contributed by atoms with Crippen molar-refractivity contribution >= 4 is 0 Å². The van der Waals surface area contributed by atoms with Crippen LogP contribution in [-0.4, -0.2) is 13.2 Å². The smallest absolute Gasteiger partial charge is 0.164 e. The number of hydrogen-bond donors (Lipinski definition) is 1. The minimum absolute atomic E-state index is 0.125. The summed E-state index contributed by atoms with van der Waals surface area (Å²) in [5.41, 5.74) is 8.61. The van der Waals surface area contributed by atoms with Crippen molar-refractivity contribution in [2.24, 2.45) is 5.73 Å². The number of nitrogens with two attached hydrogens (primary N) is 1. The number of rotatable bonds is 1. The van der Waals surface area contributed by atoms with Gasteiger partial charge in [-0.3, -0.25) is 0 Å². The lowest BCUT2D eigenvalue weighted by molar-refractivity contribution is 0.168. The summed E-state index contributed by atoms with van der Waals surface area (Å²) < 4.78 is 11.2. The second-order valence-corrected chi connectivity index (χ2v) is 4.77. The monoisotopic (exact) mass is 219 g/mol. The highest BCUT2D eigenvalue weighted by molar-refractivity contribution is 5.53. The minimum atomic E-state index is -0.125. The number of benzene rings is 1. The Hall–Kier alpha value is -1.22. The average Bonchev–Trinajstić information content (AvgIpc) is 2.27. The van der Waals surface area contributed by atoms with E-state index in [1.165, 1.54) is 12.0 Å². The maximum absolute atomic E-state index is 6.36. The first-order valence-corrected chi connectivity index (χ1v) is 5.89. The summed E-state index contributed by atoms with van der Waals surface area (Å²) in [7, 11) is 0. The molecule has 0 amide bonds. The molecule has 3 nitrogen and oxygen atoms in total. The van der Waals surface area contributed by atoms with Gasteiger partial charge in [-0.2, -0.15) is 0 Å². The zero-order valence-corrected chi connectivity index (χ0v) is 9.58. The first-order valence-electron chi connectivity index (χ1n) is 5.89. The summed E-state index contributed by atoms with van der Waals surface area (Å²) >= 11 is 0. The van der Waals surface area contributed by atoms with Crippen LogP contribution in [0.15, 0.2) is 12.1 Å². The largest absolute Gasteiger partial charge is 0.486 e. The van der Waals surface area contributed by atoms with Crippen LogP contribution in [0.1, 0.15) is 30.4 Å². The third-order valence-electron chi connectivity index (χ3n) is 3.74. The van der Waals surface area contributed by atoms with E-state index in [1.54, 1.807) is 0 Å². The number of ether oxygens (including phenoxy) is 2. The molecular formula is C13H17NO2. The molecule has 0 saturated heterocycles. The van der Waals surface area contributed by atoms with E-state index in [9.17, 15) is 0 Å². The van der Waals surface area contributed by atoms with Crippen molar-refractivity contribution in [3.8, 4) is 11.5 Å². The van der Waals surface area contributed by atoms with Gasteiger partial charge in [0.25, 0.3) is 0 Å². The second kappa shape index (κ2) is 3.39. The van der Waals surface area contributed by atoms with Gasteiger partial charge in [0.1, 0.15) is 13.2 Å². The van der Waals surface area contributed by atoms with Gasteiger partial charge in [-0.25, -0.2) is 0 Å². The van der Waals surface area contributed by atoms with Gasteiger partial charge in [0.05, 0.1) is 0 Å². The topological polar surface area (TPSA) is 44.5 Å². The fourth-order valence-corrected chi connectivity index (χ4v) is 2.62. The van der Waals surface area contributed by atoms with Gasteiger partial charge in [-0.05, 0) is 43.4 Å². The van der Waals surface area contributed by atoms with Crippen molar-refractivity contribution < 1.29 is 9.47 Å². The third-order valence-corrected chi connectivity index (χ3v) is 3.74. The van der Waals surface area contributed by atoms with Crippen molar-refractivity contribution in [3.63, 3.8) is 0 Å². The lowest BCUT2D eigenvalue weighted by atomic mass is 9.71. The van der Waals surface area contributed by atoms with Crippen LogP contribution in [0.3, 0.4) is 0 Å². The van der Waals surface area contributed by atoms with E-state index in [0.717, 1.165) is 29.9 Å². The van der Waals surface area contributed by atoms with Crippen LogP contribution in [-0.2, 0) is 5.54 Å². The van der Waals surface area contributed by atoms with E-state index in [4.69, 9.17) is 15.2 Å². The molecule has 3 heteroatoms. The lowest BCUT2D eigenvalue weighted by Gasteiger charge is -2.40. The predicted octanol–water partition coefficient (Wildman–Crippen LogP) is 2.10. The van der Waals surface area contributed by atoms with Gasteiger partial charge in [0.15, 0.2) is 11.5 Å². The molecule has 86 valence electrons. The standard InChI is InChI=1S/C13H17NO2/c1-9-10(13(14)5-2-6-13)3-4-11-12(9)16-8-7-15-11/h3-4H,2,5-8,14H2,1H3. The fraction of sp³-hybridized carbons (Fsp3) is 0.538. The van der Waals surface area contributed by atoms with E-state index in [-0.39, 0.29) is 5.54 Å². The van der Waals surface area contributed by atoms with Gasteiger partial charge >= 0.3 is 0 Å². The normalized spacial score (nSPS) is 21.4. The Morgan fingerprint density at radius 1 is 1.19 bits per heavy atom. The summed E-state index contributed by atoms with van der Waals surface area (Å²) in [6.45, 7) is 3.35. The average molecular weight is 219 g/mol. The van der Waals surface area contributed by atoms with Crippen molar-refractivity contribution in [2.75, 3.05) is 13.2 Å². The zero-order chi connectivity index (χ0) is 11.2. The molecule has 2 aliphatic rings. The second-order valence-electron chi connectivity index (χ2n) is 4.77. The molecule has 1 aromatic carbocycles. The number of fused-ring (bicyclic) bond motifs is 1. The highest BCUT2D eigenvalue weighted by Gasteiger charge is 2.36. The Bertz CT molecular complexity index is 424. The van der Waals surface area contributed by atoms with Gasteiger partial charge in [0.2, 0.25) is 0 Å². The van der Waals surface area contributed by atoms with Crippen LogP contribution in [0.4, 0.5) is 0 Å². The molecule has 0 unspecified atom stereocenters. The lowest BCUT2D eigenvalue weighted by Crippen LogP contribution is -2.44. The molecule has 0 atom stereocenters. The van der Waals surface area contributed by atoms with Crippen LogP contribution in [0.2, 0.25) is 0 Å². The third kappa shape index (κ3) is 1.31. The summed E-state index contributed by atoms with van der Waals surface area (Å²) in [5, 5.41) is 0. The van der Waals surface area contributed by atoms with Gasteiger partial charge in [0, 0.05) is 5.54 Å². The van der Waals surface area contributed by atoms with E-state index in [2.05, 4.69) is 13.0 Å². The first-order chi connectivity index (χ1) is 7.71. The van der Waals surface area contributed by atoms with Crippen molar-refractivity contribution in [2.45, 2.75) is 31.7 Å². The molecule has 1 aliphatic heterocycles. The van der Waals surface area contributed by atoms with Crippen LogP contribution >= 0.6 is 0 Å². The molecule has 1 fully saturated rings. The van der Waals surface area contributed by atoms with Crippen molar-refractivity contribution in [1.82, 2.24) is 0 Å². The van der Waals surface area contributed by atoms with Crippen LogP contribution < -0.4 is 15.2 Å². The Morgan fingerprint density at radius 3 is 2.62 bits per heavy atom. The summed E-state index contributed by atoms with van der Waals surface area (Å²) in [6, 6.07) is 4.09. The SMILES string of the molecule is Cc1c(C2(N)CCC2)ccc2c1OCCO2. The summed E-state index contributed by atoms with van der Waals surface area (Å²) in [5.74, 6) is 1.75. The fourth-order valence-electron chi connectivity index (χ4n) is 2.62. The molecule has 16 heavy (non-hydrogen) atoms. The Morgan fingerprint density at radius 2 is 1.94 bits per heavy atom. The quantitative estimate of drug-likeness (QED) is 0.786. The molecular weight excluding hydrogens is 202 g/mol. The molecule has 0 bridgehead atoms. The summed E-state index contributed by atoms with van der Waals surface area (Å²) in [4.78, 5) is 0. The highest BCUT2D eigenvalue weighted by atomic mass is 16.6. The molecule has 0 radical (unpaired) electrons. The molecule has 1 saturated carbocycles. The van der Waals surface area contributed by atoms with E-state index < -0.39 is 0 Å².